The lowest BCUT2D eigenvalue weighted by atomic mass is 10.2. The van der Waals surface area contributed by atoms with Crippen LogP contribution in [0.2, 0.25) is 0 Å². The molecule has 1 N–H and O–H groups in total. The molecule has 0 bridgehead atoms. The van der Waals surface area contributed by atoms with Gasteiger partial charge in [-0.25, -0.2) is 15.0 Å². The number of anilines is 1. The van der Waals surface area contributed by atoms with Crippen LogP contribution in [0.3, 0.4) is 0 Å². The molecule has 0 radical (unpaired) electrons. The molecule has 5 heteroatoms. The molecular formula is C14H19N5. The zero-order valence-corrected chi connectivity index (χ0v) is 11.2. The van der Waals surface area contributed by atoms with Crippen LogP contribution in [0.5, 0.6) is 0 Å². The van der Waals surface area contributed by atoms with Gasteiger partial charge in [0.15, 0.2) is 0 Å². The van der Waals surface area contributed by atoms with Crippen molar-refractivity contribution in [2.75, 3.05) is 5.32 Å². The second-order valence-electron chi connectivity index (χ2n) is 5.10. The van der Waals surface area contributed by atoms with Crippen molar-refractivity contribution >= 4 is 5.95 Å². The molecule has 0 aromatic carbocycles. The predicted octanol–water partition coefficient (Wildman–Crippen LogP) is 2.38. The van der Waals surface area contributed by atoms with Crippen LogP contribution < -0.4 is 5.32 Å². The summed E-state index contributed by atoms with van der Waals surface area (Å²) in [6.45, 7) is 2.65. The van der Waals surface area contributed by atoms with Gasteiger partial charge in [-0.2, -0.15) is 0 Å². The number of hydrogen-bond donors (Lipinski definition) is 1. The smallest absolute Gasteiger partial charge is 0.203 e. The summed E-state index contributed by atoms with van der Waals surface area (Å²) in [4.78, 5) is 13.0. The van der Waals surface area contributed by atoms with Crippen molar-refractivity contribution in [3.63, 3.8) is 0 Å². The molecule has 5 nitrogen and oxygen atoms in total. The first-order valence-corrected chi connectivity index (χ1v) is 6.87. The van der Waals surface area contributed by atoms with Crippen LogP contribution in [0.1, 0.15) is 37.2 Å². The van der Waals surface area contributed by atoms with Crippen LogP contribution in [0.4, 0.5) is 5.95 Å². The average Bonchev–Trinajstić information content (AvgIpc) is 3.03. The Hall–Kier alpha value is -1.91. The average molecular weight is 257 g/mol. The Morgan fingerprint density at radius 1 is 1.26 bits per heavy atom. The van der Waals surface area contributed by atoms with Crippen LogP contribution >= 0.6 is 0 Å². The molecule has 100 valence electrons. The fraction of sp³-hybridized carbons (Fsp3) is 0.500. The van der Waals surface area contributed by atoms with E-state index in [1.807, 2.05) is 25.4 Å². The minimum Gasteiger partial charge on any atom is -0.353 e. The first kappa shape index (κ1) is 12.1. The highest BCUT2D eigenvalue weighted by molar-refractivity contribution is 5.29. The quantitative estimate of drug-likeness (QED) is 0.913. The van der Waals surface area contributed by atoms with Crippen molar-refractivity contribution in [2.45, 2.75) is 45.2 Å². The molecule has 2 heterocycles. The summed E-state index contributed by atoms with van der Waals surface area (Å²) in [5.74, 6) is 1.76. The minimum absolute atomic E-state index is 0.577. The van der Waals surface area contributed by atoms with E-state index < -0.39 is 0 Å². The molecule has 19 heavy (non-hydrogen) atoms. The molecule has 0 amide bonds. The molecule has 3 rings (SSSR count). The van der Waals surface area contributed by atoms with E-state index in [-0.39, 0.29) is 0 Å². The van der Waals surface area contributed by atoms with Crippen LogP contribution in [-0.4, -0.2) is 25.6 Å². The van der Waals surface area contributed by atoms with E-state index in [0.29, 0.717) is 6.04 Å². The highest BCUT2D eigenvalue weighted by atomic mass is 15.2. The molecule has 1 aliphatic rings. The maximum atomic E-state index is 4.43. The molecule has 0 unspecified atom stereocenters. The zero-order valence-electron chi connectivity index (χ0n) is 11.2. The van der Waals surface area contributed by atoms with Gasteiger partial charge in [0.2, 0.25) is 5.95 Å². The van der Waals surface area contributed by atoms with E-state index in [1.54, 1.807) is 6.20 Å². The number of nitrogens with one attached hydrogen (secondary N) is 1. The Morgan fingerprint density at radius 2 is 2.11 bits per heavy atom. The Bertz CT molecular complexity index is 542. The van der Waals surface area contributed by atoms with E-state index in [1.165, 1.54) is 25.7 Å². The minimum atomic E-state index is 0.577. The summed E-state index contributed by atoms with van der Waals surface area (Å²) < 4.78 is 2.11. The number of aromatic nitrogens is 4. The number of imidazole rings is 1. The molecule has 2 aromatic heterocycles. The number of aryl methyl sites for hydroxylation is 1. The maximum absolute atomic E-state index is 4.43. The normalized spacial score (nSPS) is 15.8. The summed E-state index contributed by atoms with van der Waals surface area (Å²) in [6, 6.07) is 2.53. The molecule has 0 saturated heterocycles. The third-order valence-electron chi connectivity index (χ3n) is 3.57. The largest absolute Gasteiger partial charge is 0.353 e. The molecule has 0 atom stereocenters. The Morgan fingerprint density at radius 3 is 2.89 bits per heavy atom. The second-order valence-corrected chi connectivity index (χ2v) is 5.10. The summed E-state index contributed by atoms with van der Waals surface area (Å²) >= 11 is 0. The lowest BCUT2D eigenvalue weighted by Gasteiger charge is -2.14. The van der Waals surface area contributed by atoms with Gasteiger partial charge in [-0.15, -0.1) is 0 Å². The second kappa shape index (κ2) is 5.38. The van der Waals surface area contributed by atoms with E-state index in [0.717, 1.165) is 24.0 Å². The number of rotatable bonds is 4. The summed E-state index contributed by atoms with van der Waals surface area (Å²) in [7, 11) is 0. The lowest BCUT2D eigenvalue weighted by molar-refractivity contribution is 0.708. The Kier molecular flexibility index (Phi) is 3.44. The number of nitrogens with zero attached hydrogens (tertiary/aromatic N) is 4. The van der Waals surface area contributed by atoms with Gasteiger partial charge in [-0.1, -0.05) is 12.8 Å². The third kappa shape index (κ3) is 2.92. The maximum Gasteiger partial charge on any atom is 0.203 e. The van der Waals surface area contributed by atoms with Crippen LogP contribution in [0, 0.1) is 6.92 Å². The molecule has 1 aliphatic carbocycles. The summed E-state index contributed by atoms with van der Waals surface area (Å²) in [5.41, 5.74) is 1.01. The molecule has 0 spiro atoms. The fourth-order valence-electron chi connectivity index (χ4n) is 2.60. The predicted molar refractivity (Wildman–Crippen MR) is 74.0 cm³/mol. The van der Waals surface area contributed by atoms with Gasteiger partial charge >= 0.3 is 0 Å². The standard InChI is InChI=1S/C14H19N5/c1-11-15-7-6-13(17-11)10-19-9-8-16-14(19)18-12-4-2-3-5-12/h6-9,12H,2-5,10H2,1H3,(H,16,18). The molecular weight excluding hydrogens is 238 g/mol. The Balaban J connectivity index is 1.72. The van der Waals surface area contributed by atoms with Crippen molar-refractivity contribution in [1.29, 1.82) is 0 Å². The molecule has 0 aliphatic heterocycles. The topological polar surface area (TPSA) is 55.6 Å². The van der Waals surface area contributed by atoms with Gasteiger partial charge in [-0.3, -0.25) is 0 Å². The SMILES string of the molecule is Cc1nccc(Cn2ccnc2NC2CCCC2)n1. The van der Waals surface area contributed by atoms with Gasteiger partial charge in [0.05, 0.1) is 12.2 Å². The zero-order chi connectivity index (χ0) is 13.1. The van der Waals surface area contributed by atoms with Crippen molar-refractivity contribution in [3.8, 4) is 0 Å². The lowest BCUT2D eigenvalue weighted by Crippen LogP contribution is -2.18. The van der Waals surface area contributed by atoms with E-state index in [9.17, 15) is 0 Å². The monoisotopic (exact) mass is 257 g/mol. The Labute approximate surface area is 113 Å². The van der Waals surface area contributed by atoms with Crippen LogP contribution in [0.25, 0.3) is 0 Å². The van der Waals surface area contributed by atoms with Crippen molar-refractivity contribution in [3.05, 3.63) is 36.2 Å². The van der Waals surface area contributed by atoms with Crippen LogP contribution in [-0.2, 0) is 6.54 Å². The van der Waals surface area contributed by atoms with Gasteiger partial charge in [-0.05, 0) is 25.8 Å². The molecule has 1 fully saturated rings. The molecule has 2 aromatic rings. The van der Waals surface area contributed by atoms with Crippen LogP contribution in [0.15, 0.2) is 24.7 Å². The van der Waals surface area contributed by atoms with E-state index in [4.69, 9.17) is 0 Å². The van der Waals surface area contributed by atoms with Crippen molar-refractivity contribution in [2.24, 2.45) is 0 Å². The number of hydrogen-bond acceptors (Lipinski definition) is 4. The summed E-state index contributed by atoms with van der Waals surface area (Å²) in [6.07, 6.45) is 10.8. The van der Waals surface area contributed by atoms with E-state index >= 15 is 0 Å². The first-order chi connectivity index (χ1) is 9.31. The van der Waals surface area contributed by atoms with Crippen molar-refractivity contribution in [1.82, 2.24) is 19.5 Å². The van der Waals surface area contributed by atoms with Gasteiger partial charge < -0.3 is 9.88 Å². The highest BCUT2D eigenvalue weighted by Crippen LogP contribution is 2.21. The van der Waals surface area contributed by atoms with Gasteiger partial charge in [0.25, 0.3) is 0 Å². The highest BCUT2D eigenvalue weighted by Gasteiger charge is 2.16. The van der Waals surface area contributed by atoms with Crippen molar-refractivity contribution < 1.29 is 0 Å². The van der Waals surface area contributed by atoms with Gasteiger partial charge in [0.1, 0.15) is 5.82 Å². The summed E-state index contributed by atoms with van der Waals surface area (Å²) in [5, 5.41) is 3.53. The fourth-order valence-corrected chi connectivity index (χ4v) is 2.60. The third-order valence-corrected chi connectivity index (χ3v) is 3.57. The van der Waals surface area contributed by atoms with E-state index in [2.05, 4.69) is 24.8 Å². The van der Waals surface area contributed by atoms with Gasteiger partial charge in [0, 0.05) is 24.6 Å². The molecule has 1 saturated carbocycles. The first-order valence-electron chi connectivity index (χ1n) is 6.87.